The maximum absolute atomic E-state index is 11.9. The summed E-state index contributed by atoms with van der Waals surface area (Å²) in [5, 5.41) is 2.11. The van der Waals surface area contributed by atoms with Gasteiger partial charge in [0, 0.05) is 5.69 Å². The lowest BCUT2D eigenvalue weighted by Gasteiger charge is -2.08. The van der Waals surface area contributed by atoms with Crippen LogP contribution in [-0.2, 0) is 10.0 Å². The standard InChI is InChI=1S/C14H18N2O2S/c15-9-3-4-10-19(17,18)16-14-8-7-12-5-1-2-6-13(12)11-14/h1-2,5-8,11,16H,3-4,9-10,15H2. The first kappa shape index (κ1) is 13.8. The molecule has 5 heteroatoms. The van der Waals surface area contributed by atoms with E-state index in [4.69, 9.17) is 5.73 Å². The summed E-state index contributed by atoms with van der Waals surface area (Å²) in [6.45, 7) is 0.519. The van der Waals surface area contributed by atoms with Crippen LogP contribution in [0, 0.1) is 0 Å². The lowest BCUT2D eigenvalue weighted by Crippen LogP contribution is -2.17. The predicted molar refractivity (Wildman–Crippen MR) is 79.6 cm³/mol. The predicted octanol–water partition coefficient (Wildman–Crippen LogP) is 2.32. The molecule has 0 saturated heterocycles. The van der Waals surface area contributed by atoms with E-state index in [1.54, 1.807) is 6.07 Å². The van der Waals surface area contributed by atoms with Crippen molar-refractivity contribution in [3.63, 3.8) is 0 Å². The summed E-state index contributed by atoms with van der Waals surface area (Å²) in [5.74, 6) is 0.108. The molecule has 0 amide bonds. The van der Waals surface area contributed by atoms with E-state index in [9.17, 15) is 8.42 Å². The normalized spacial score (nSPS) is 11.6. The van der Waals surface area contributed by atoms with Crippen molar-refractivity contribution >= 4 is 26.5 Å². The minimum atomic E-state index is -3.28. The highest BCUT2D eigenvalue weighted by Crippen LogP contribution is 2.19. The molecular weight excluding hydrogens is 260 g/mol. The van der Waals surface area contributed by atoms with E-state index in [1.807, 2.05) is 36.4 Å². The van der Waals surface area contributed by atoms with Crippen molar-refractivity contribution in [3.8, 4) is 0 Å². The number of fused-ring (bicyclic) bond motifs is 1. The Kier molecular flexibility index (Phi) is 4.39. The van der Waals surface area contributed by atoms with Crippen LogP contribution in [0.5, 0.6) is 0 Å². The average molecular weight is 278 g/mol. The second-order valence-corrected chi connectivity index (χ2v) is 6.32. The van der Waals surface area contributed by atoms with Crippen molar-refractivity contribution in [1.29, 1.82) is 0 Å². The van der Waals surface area contributed by atoms with Crippen LogP contribution in [0.3, 0.4) is 0 Å². The molecule has 102 valence electrons. The molecule has 0 aliphatic carbocycles. The van der Waals surface area contributed by atoms with Crippen molar-refractivity contribution < 1.29 is 8.42 Å². The Hall–Kier alpha value is -1.59. The molecule has 0 aromatic heterocycles. The second-order valence-electron chi connectivity index (χ2n) is 4.48. The Balaban J connectivity index is 2.12. The summed E-state index contributed by atoms with van der Waals surface area (Å²) >= 11 is 0. The quantitative estimate of drug-likeness (QED) is 0.796. The molecule has 2 aromatic carbocycles. The van der Waals surface area contributed by atoms with Crippen molar-refractivity contribution in [2.24, 2.45) is 5.73 Å². The zero-order valence-electron chi connectivity index (χ0n) is 10.7. The second kappa shape index (κ2) is 6.04. The number of hydrogen-bond donors (Lipinski definition) is 2. The molecule has 3 N–H and O–H groups in total. The lowest BCUT2D eigenvalue weighted by molar-refractivity contribution is 0.597. The number of nitrogens with two attached hydrogens (primary N) is 1. The number of benzene rings is 2. The van der Waals surface area contributed by atoms with Gasteiger partial charge in [-0.25, -0.2) is 8.42 Å². The van der Waals surface area contributed by atoms with Gasteiger partial charge in [0.05, 0.1) is 5.75 Å². The summed E-state index contributed by atoms with van der Waals surface area (Å²) < 4.78 is 26.3. The smallest absolute Gasteiger partial charge is 0.232 e. The molecular formula is C14H18N2O2S. The summed E-state index contributed by atoms with van der Waals surface area (Å²) in [6, 6.07) is 13.4. The number of unbranched alkanes of at least 4 members (excludes halogenated alkanes) is 1. The fourth-order valence-electron chi connectivity index (χ4n) is 1.92. The molecule has 0 aliphatic rings. The van der Waals surface area contributed by atoms with E-state index in [0.29, 0.717) is 18.7 Å². The number of nitrogens with one attached hydrogen (secondary N) is 1. The fourth-order valence-corrected chi connectivity index (χ4v) is 3.09. The highest BCUT2D eigenvalue weighted by Gasteiger charge is 2.09. The van der Waals surface area contributed by atoms with Gasteiger partial charge < -0.3 is 5.73 Å². The Bertz CT molecular complexity index is 653. The Morgan fingerprint density at radius 1 is 1.00 bits per heavy atom. The minimum Gasteiger partial charge on any atom is -0.330 e. The SMILES string of the molecule is NCCCCS(=O)(=O)Nc1ccc2ccccc2c1. The molecule has 0 fully saturated rings. The van der Waals surface area contributed by atoms with Crippen LogP contribution in [-0.4, -0.2) is 20.7 Å². The van der Waals surface area contributed by atoms with E-state index in [0.717, 1.165) is 17.2 Å². The zero-order valence-corrected chi connectivity index (χ0v) is 11.5. The number of anilines is 1. The van der Waals surface area contributed by atoms with Crippen molar-refractivity contribution in [1.82, 2.24) is 0 Å². The molecule has 0 atom stereocenters. The number of sulfonamides is 1. The third-order valence-corrected chi connectivity index (χ3v) is 4.26. The highest BCUT2D eigenvalue weighted by atomic mass is 32.2. The van der Waals surface area contributed by atoms with E-state index in [2.05, 4.69) is 4.72 Å². The summed E-state index contributed by atoms with van der Waals surface area (Å²) in [6.07, 6.45) is 1.30. The molecule has 0 radical (unpaired) electrons. The van der Waals surface area contributed by atoms with E-state index in [1.165, 1.54) is 0 Å². The molecule has 0 aliphatic heterocycles. The molecule has 0 unspecified atom stereocenters. The van der Waals surface area contributed by atoms with Crippen LogP contribution in [0.15, 0.2) is 42.5 Å². The van der Waals surface area contributed by atoms with Gasteiger partial charge in [0.2, 0.25) is 10.0 Å². The number of hydrogen-bond acceptors (Lipinski definition) is 3. The van der Waals surface area contributed by atoms with Crippen LogP contribution in [0.4, 0.5) is 5.69 Å². The Labute approximate surface area is 113 Å². The molecule has 0 bridgehead atoms. The van der Waals surface area contributed by atoms with Crippen LogP contribution in [0.1, 0.15) is 12.8 Å². The first-order valence-corrected chi connectivity index (χ1v) is 7.95. The molecule has 0 heterocycles. The minimum absolute atomic E-state index is 0.108. The molecule has 0 spiro atoms. The van der Waals surface area contributed by atoms with Crippen LogP contribution >= 0.6 is 0 Å². The maximum atomic E-state index is 11.9. The molecule has 19 heavy (non-hydrogen) atoms. The fraction of sp³-hybridized carbons (Fsp3) is 0.286. The van der Waals surface area contributed by atoms with Gasteiger partial charge in [-0.2, -0.15) is 0 Å². The third kappa shape index (κ3) is 3.94. The van der Waals surface area contributed by atoms with Crippen molar-refractivity contribution in [3.05, 3.63) is 42.5 Å². The monoisotopic (exact) mass is 278 g/mol. The Morgan fingerprint density at radius 3 is 2.47 bits per heavy atom. The maximum Gasteiger partial charge on any atom is 0.232 e. The van der Waals surface area contributed by atoms with Gasteiger partial charge in [-0.1, -0.05) is 30.3 Å². The first-order valence-electron chi connectivity index (χ1n) is 6.30. The molecule has 2 aromatic rings. The lowest BCUT2D eigenvalue weighted by atomic mass is 10.1. The van der Waals surface area contributed by atoms with Crippen LogP contribution in [0.2, 0.25) is 0 Å². The molecule has 4 nitrogen and oxygen atoms in total. The summed E-state index contributed by atoms with van der Waals surface area (Å²) in [7, 11) is -3.28. The van der Waals surface area contributed by atoms with Crippen LogP contribution < -0.4 is 10.5 Å². The third-order valence-electron chi connectivity index (χ3n) is 2.89. The van der Waals surface area contributed by atoms with Gasteiger partial charge in [0.1, 0.15) is 0 Å². The summed E-state index contributed by atoms with van der Waals surface area (Å²) in [4.78, 5) is 0. The zero-order chi connectivity index (χ0) is 13.7. The highest BCUT2D eigenvalue weighted by molar-refractivity contribution is 7.92. The van der Waals surface area contributed by atoms with E-state index in [-0.39, 0.29) is 5.75 Å². The first-order chi connectivity index (χ1) is 9.11. The van der Waals surface area contributed by atoms with Gasteiger partial charge in [-0.15, -0.1) is 0 Å². The Morgan fingerprint density at radius 2 is 1.74 bits per heavy atom. The van der Waals surface area contributed by atoms with Gasteiger partial charge in [-0.05, 0) is 42.3 Å². The van der Waals surface area contributed by atoms with Crippen molar-refractivity contribution in [2.75, 3.05) is 17.0 Å². The molecule has 2 rings (SSSR count). The van der Waals surface area contributed by atoms with E-state index >= 15 is 0 Å². The van der Waals surface area contributed by atoms with Gasteiger partial charge in [-0.3, -0.25) is 4.72 Å². The molecule has 0 saturated carbocycles. The van der Waals surface area contributed by atoms with E-state index < -0.39 is 10.0 Å². The van der Waals surface area contributed by atoms with Crippen LogP contribution in [0.25, 0.3) is 10.8 Å². The largest absolute Gasteiger partial charge is 0.330 e. The topological polar surface area (TPSA) is 72.2 Å². The number of rotatable bonds is 6. The summed E-state index contributed by atoms with van der Waals surface area (Å²) in [5.41, 5.74) is 5.96. The van der Waals surface area contributed by atoms with Gasteiger partial charge in [0.25, 0.3) is 0 Å². The van der Waals surface area contributed by atoms with Gasteiger partial charge in [0.15, 0.2) is 0 Å². The van der Waals surface area contributed by atoms with Crippen molar-refractivity contribution in [2.45, 2.75) is 12.8 Å². The van der Waals surface area contributed by atoms with Gasteiger partial charge >= 0.3 is 0 Å². The average Bonchev–Trinajstić information content (AvgIpc) is 2.38.